The van der Waals surface area contributed by atoms with Crippen molar-refractivity contribution in [2.45, 2.75) is 13.5 Å². The SMILES string of the molecule is CCN(Cc1ccncc1)C(=S)NCCN1CCOCC1. The first kappa shape index (κ1) is 16.1. The zero-order valence-corrected chi connectivity index (χ0v) is 13.4. The minimum absolute atomic E-state index is 0.822. The number of thiocarbonyl (C=S) groups is 1. The van der Waals surface area contributed by atoms with E-state index in [0.29, 0.717) is 0 Å². The molecule has 0 aromatic carbocycles. The number of hydrogen-bond acceptors (Lipinski definition) is 4. The average Bonchev–Trinajstić information content (AvgIpc) is 2.54. The van der Waals surface area contributed by atoms with Crippen LogP contribution in [-0.2, 0) is 11.3 Å². The quantitative estimate of drug-likeness (QED) is 0.794. The molecule has 0 radical (unpaired) electrons. The van der Waals surface area contributed by atoms with E-state index in [1.807, 2.05) is 24.5 Å². The summed E-state index contributed by atoms with van der Waals surface area (Å²) in [6.07, 6.45) is 3.64. The highest BCUT2D eigenvalue weighted by molar-refractivity contribution is 7.80. The van der Waals surface area contributed by atoms with E-state index in [0.717, 1.165) is 57.6 Å². The van der Waals surface area contributed by atoms with Crippen molar-refractivity contribution >= 4 is 17.3 Å². The minimum atomic E-state index is 0.822. The van der Waals surface area contributed by atoms with Crippen LogP contribution in [-0.4, -0.2) is 65.8 Å². The summed E-state index contributed by atoms with van der Waals surface area (Å²) in [6.45, 7) is 9.44. The molecule has 0 aliphatic carbocycles. The van der Waals surface area contributed by atoms with Crippen molar-refractivity contribution in [3.63, 3.8) is 0 Å². The Hall–Kier alpha value is -1.24. The maximum Gasteiger partial charge on any atom is 0.169 e. The predicted octanol–water partition coefficient (Wildman–Crippen LogP) is 1.11. The van der Waals surface area contributed by atoms with Gasteiger partial charge in [0.15, 0.2) is 5.11 Å². The Bertz CT molecular complexity index is 423. The first-order valence-corrected chi connectivity index (χ1v) is 7.92. The first-order chi connectivity index (χ1) is 10.3. The summed E-state index contributed by atoms with van der Waals surface area (Å²) in [6, 6.07) is 4.05. The van der Waals surface area contributed by atoms with Crippen molar-refractivity contribution in [1.29, 1.82) is 0 Å². The number of nitrogens with zero attached hydrogens (tertiary/aromatic N) is 3. The van der Waals surface area contributed by atoms with Gasteiger partial charge in [-0.1, -0.05) is 0 Å². The molecule has 1 aliphatic rings. The van der Waals surface area contributed by atoms with Gasteiger partial charge in [-0.2, -0.15) is 0 Å². The van der Waals surface area contributed by atoms with Gasteiger partial charge in [0.2, 0.25) is 0 Å². The van der Waals surface area contributed by atoms with Crippen LogP contribution in [0.2, 0.25) is 0 Å². The number of rotatable bonds is 6. The molecule has 0 saturated carbocycles. The maximum absolute atomic E-state index is 5.50. The summed E-state index contributed by atoms with van der Waals surface area (Å²) < 4.78 is 5.35. The van der Waals surface area contributed by atoms with E-state index in [1.165, 1.54) is 5.56 Å². The van der Waals surface area contributed by atoms with Gasteiger partial charge >= 0.3 is 0 Å². The van der Waals surface area contributed by atoms with E-state index in [2.05, 4.69) is 27.0 Å². The molecule has 116 valence electrons. The highest BCUT2D eigenvalue weighted by Gasteiger charge is 2.11. The molecule has 1 saturated heterocycles. The Kier molecular flexibility index (Phi) is 6.85. The molecule has 1 aliphatic heterocycles. The fourth-order valence-electron chi connectivity index (χ4n) is 2.29. The minimum Gasteiger partial charge on any atom is -0.379 e. The molecule has 0 unspecified atom stereocenters. The van der Waals surface area contributed by atoms with E-state index in [1.54, 1.807) is 0 Å². The Morgan fingerprint density at radius 3 is 2.76 bits per heavy atom. The third-order valence-corrected chi connectivity index (χ3v) is 4.00. The Balaban J connectivity index is 1.72. The van der Waals surface area contributed by atoms with Crippen LogP contribution in [0.5, 0.6) is 0 Å². The molecular formula is C15H24N4OS. The largest absolute Gasteiger partial charge is 0.379 e. The van der Waals surface area contributed by atoms with Crippen LogP contribution in [0.3, 0.4) is 0 Å². The van der Waals surface area contributed by atoms with Crippen LogP contribution in [0.1, 0.15) is 12.5 Å². The Morgan fingerprint density at radius 1 is 1.38 bits per heavy atom. The van der Waals surface area contributed by atoms with Crippen molar-refractivity contribution in [3.8, 4) is 0 Å². The van der Waals surface area contributed by atoms with Gasteiger partial charge in [-0.3, -0.25) is 9.88 Å². The molecule has 0 bridgehead atoms. The lowest BCUT2D eigenvalue weighted by Gasteiger charge is -2.28. The summed E-state index contributed by atoms with van der Waals surface area (Å²) in [5.74, 6) is 0. The van der Waals surface area contributed by atoms with Crippen LogP contribution >= 0.6 is 12.2 Å². The van der Waals surface area contributed by atoms with E-state index in [4.69, 9.17) is 17.0 Å². The summed E-state index contributed by atoms with van der Waals surface area (Å²) in [5, 5.41) is 4.18. The number of ether oxygens (including phenoxy) is 1. The van der Waals surface area contributed by atoms with E-state index in [9.17, 15) is 0 Å². The fraction of sp³-hybridized carbons (Fsp3) is 0.600. The van der Waals surface area contributed by atoms with Crippen molar-refractivity contribution in [3.05, 3.63) is 30.1 Å². The van der Waals surface area contributed by atoms with E-state index in [-0.39, 0.29) is 0 Å². The first-order valence-electron chi connectivity index (χ1n) is 7.51. The molecule has 1 aromatic rings. The molecule has 1 fully saturated rings. The van der Waals surface area contributed by atoms with E-state index >= 15 is 0 Å². The lowest BCUT2D eigenvalue weighted by atomic mass is 10.2. The molecule has 21 heavy (non-hydrogen) atoms. The normalized spacial score (nSPS) is 15.7. The van der Waals surface area contributed by atoms with Crippen LogP contribution in [0, 0.1) is 0 Å². The van der Waals surface area contributed by atoms with Crippen molar-refractivity contribution in [2.75, 3.05) is 45.9 Å². The predicted molar refractivity (Wildman–Crippen MR) is 88.2 cm³/mol. The van der Waals surface area contributed by atoms with Crippen molar-refractivity contribution in [1.82, 2.24) is 20.1 Å². The number of pyridine rings is 1. The standard InChI is InChI=1S/C15H24N4OS/c1-2-19(13-14-3-5-16-6-4-14)15(21)17-7-8-18-9-11-20-12-10-18/h3-6H,2,7-13H2,1H3,(H,17,21). The fourth-order valence-corrected chi connectivity index (χ4v) is 2.59. The molecular weight excluding hydrogens is 284 g/mol. The van der Waals surface area contributed by atoms with Crippen LogP contribution < -0.4 is 5.32 Å². The second-order valence-corrected chi connectivity index (χ2v) is 5.44. The number of morpholine rings is 1. The molecule has 1 N–H and O–H groups in total. The van der Waals surface area contributed by atoms with Gasteiger partial charge in [0.25, 0.3) is 0 Å². The highest BCUT2D eigenvalue weighted by atomic mass is 32.1. The zero-order chi connectivity index (χ0) is 14.9. The molecule has 0 atom stereocenters. The van der Waals surface area contributed by atoms with Gasteiger partial charge in [0.1, 0.15) is 0 Å². The summed E-state index contributed by atoms with van der Waals surface area (Å²) in [7, 11) is 0. The van der Waals surface area contributed by atoms with Gasteiger partial charge in [0.05, 0.1) is 13.2 Å². The lowest BCUT2D eigenvalue weighted by molar-refractivity contribution is 0.0388. The Morgan fingerprint density at radius 2 is 2.10 bits per heavy atom. The van der Waals surface area contributed by atoms with Gasteiger partial charge in [-0.05, 0) is 36.8 Å². The second kappa shape index (κ2) is 8.92. The van der Waals surface area contributed by atoms with Gasteiger partial charge in [-0.25, -0.2) is 0 Å². The topological polar surface area (TPSA) is 40.6 Å². The monoisotopic (exact) mass is 308 g/mol. The third kappa shape index (κ3) is 5.57. The van der Waals surface area contributed by atoms with Crippen molar-refractivity contribution in [2.24, 2.45) is 0 Å². The molecule has 2 heterocycles. The zero-order valence-electron chi connectivity index (χ0n) is 12.6. The lowest BCUT2D eigenvalue weighted by Crippen LogP contribution is -2.44. The smallest absolute Gasteiger partial charge is 0.169 e. The van der Waals surface area contributed by atoms with Crippen molar-refractivity contribution < 1.29 is 4.74 Å². The van der Waals surface area contributed by atoms with Crippen LogP contribution in [0.25, 0.3) is 0 Å². The Labute approximate surface area is 132 Å². The van der Waals surface area contributed by atoms with Gasteiger partial charge in [-0.15, -0.1) is 0 Å². The second-order valence-electron chi connectivity index (χ2n) is 5.06. The van der Waals surface area contributed by atoms with Gasteiger partial charge in [0, 0.05) is 51.7 Å². The summed E-state index contributed by atoms with van der Waals surface area (Å²) in [4.78, 5) is 8.61. The number of hydrogen-bond donors (Lipinski definition) is 1. The number of nitrogens with one attached hydrogen (secondary N) is 1. The molecule has 5 nitrogen and oxygen atoms in total. The maximum atomic E-state index is 5.50. The van der Waals surface area contributed by atoms with Crippen LogP contribution in [0.15, 0.2) is 24.5 Å². The summed E-state index contributed by atoms with van der Waals surface area (Å²) in [5.41, 5.74) is 1.23. The third-order valence-electron chi connectivity index (χ3n) is 3.60. The molecule has 6 heteroatoms. The molecule has 2 rings (SSSR count). The number of aromatic nitrogens is 1. The molecule has 1 aromatic heterocycles. The molecule has 0 amide bonds. The average molecular weight is 308 g/mol. The van der Waals surface area contributed by atoms with Gasteiger partial charge < -0.3 is 15.0 Å². The summed E-state index contributed by atoms with van der Waals surface area (Å²) >= 11 is 5.50. The van der Waals surface area contributed by atoms with Crippen LogP contribution in [0.4, 0.5) is 0 Å². The highest BCUT2D eigenvalue weighted by Crippen LogP contribution is 2.03. The molecule has 0 spiro atoms. The van der Waals surface area contributed by atoms with E-state index < -0.39 is 0 Å².